The molecule has 2 aliphatic rings. The van der Waals surface area contributed by atoms with Crippen molar-refractivity contribution in [1.29, 1.82) is 0 Å². The first kappa shape index (κ1) is 20.6. The average Bonchev–Trinajstić information content (AvgIpc) is 3.54. The molecule has 2 saturated heterocycles. The topological polar surface area (TPSA) is 67.2 Å². The second-order valence-corrected chi connectivity index (χ2v) is 8.59. The summed E-state index contributed by atoms with van der Waals surface area (Å²) in [5.74, 6) is 0.424. The summed E-state index contributed by atoms with van der Waals surface area (Å²) in [6, 6.07) is 8.05. The average molecular weight is 435 g/mol. The van der Waals surface area contributed by atoms with Gasteiger partial charge in [0.2, 0.25) is 11.9 Å². The van der Waals surface area contributed by atoms with E-state index in [0.29, 0.717) is 12.1 Å². The molecule has 0 saturated carbocycles. The van der Waals surface area contributed by atoms with Crippen LogP contribution in [-0.2, 0) is 18.3 Å². The first-order valence-electron chi connectivity index (χ1n) is 11.2. The Balaban J connectivity index is 1.42. The number of aryl methyl sites for hydroxylation is 1. The molecule has 3 aromatic rings. The molecule has 0 radical (unpaired) electrons. The number of carbonyl (C=O) groups excluding carboxylic acids is 1. The van der Waals surface area contributed by atoms with Crippen LogP contribution in [0.5, 0.6) is 0 Å². The number of aromatic nitrogens is 4. The predicted octanol–water partition coefficient (Wildman–Crippen LogP) is 3.52. The number of hydrogen-bond acceptors (Lipinski definition) is 5. The largest absolute Gasteiger partial charge is 0.341 e. The van der Waals surface area contributed by atoms with E-state index in [-0.39, 0.29) is 24.2 Å². The Hall–Kier alpha value is -3.29. The van der Waals surface area contributed by atoms with E-state index in [2.05, 4.69) is 9.88 Å². The van der Waals surface area contributed by atoms with Gasteiger partial charge in [0, 0.05) is 44.6 Å². The number of benzene rings is 1. The van der Waals surface area contributed by atoms with E-state index in [1.807, 2.05) is 24.2 Å². The van der Waals surface area contributed by atoms with Gasteiger partial charge in [0.15, 0.2) is 0 Å². The highest BCUT2D eigenvalue weighted by atomic mass is 19.1. The van der Waals surface area contributed by atoms with Gasteiger partial charge < -0.3 is 9.80 Å². The summed E-state index contributed by atoms with van der Waals surface area (Å²) in [5, 5.41) is 4.74. The first-order valence-corrected chi connectivity index (χ1v) is 11.2. The third-order valence-corrected chi connectivity index (χ3v) is 6.30. The summed E-state index contributed by atoms with van der Waals surface area (Å²) < 4.78 is 15.4. The number of halogens is 1. The standard InChI is InChI=1S/C24H27FN6O/c1-29-16-19(20-9-10-26-24(27-20)30-11-2-3-12-30)23(28-29)21-8-5-13-31(21)22(32)15-17-6-4-7-18(25)14-17/h4,6-7,9-10,14,16,21H,2-3,5,8,11-13,15H2,1H3/t21-/m1/s1. The molecule has 0 spiro atoms. The van der Waals surface area contributed by atoms with E-state index in [1.165, 1.54) is 12.1 Å². The van der Waals surface area contributed by atoms with Gasteiger partial charge in [-0.3, -0.25) is 9.48 Å². The Kier molecular flexibility index (Phi) is 5.59. The molecule has 1 atom stereocenters. The number of rotatable bonds is 5. The van der Waals surface area contributed by atoms with E-state index in [9.17, 15) is 9.18 Å². The second kappa shape index (κ2) is 8.68. The van der Waals surface area contributed by atoms with Crippen LogP contribution in [0, 0.1) is 5.82 Å². The third kappa shape index (κ3) is 4.09. The zero-order chi connectivity index (χ0) is 22.1. The van der Waals surface area contributed by atoms with Crippen molar-refractivity contribution in [3.8, 4) is 11.3 Å². The number of anilines is 1. The number of carbonyl (C=O) groups is 1. The molecule has 1 aromatic carbocycles. The minimum Gasteiger partial charge on any atom is -0.341 e. The molecule has 5 rings (SSSR count). The maximum absolute atomic E-state index is 13.6. The normalized spacial score (nSPS) is 18.5. The zero-order valence-electron chi connectivity index (χ0n) is 18.2. The van der Waals surface area contributed by atoms with Gasteiger partial charge in [0.05, 0.1) is 23.9 Å². The Morgan fingerprint density at radius 1 is 1.16 bits per heavy atom. The van der Waals surface area contributed by atoms with Crippen LogP contribution >= 0.6 is 0 Å². The maximum Gasteiger partial charge on any atom is 0.227 e. The maximum atomic E-state index is 13.6. The molecule has 32 heavy (non-hydrogen) atoms. The monoisotopic (exact) mass is 434 g/mol. The van der Waals surface area contributed by atoms with Crippen LogP contribution in [0.2, 0.25) is 0 Å². The summed E-state index contributed by atoms with van der Waals surface area (Å²) in [4.78, 5) is 26.5. The van der Waals surface area contributed by atoms with E-state index in [0.717, 1.165) is 61.7 Å². The Labute approximate surface area is 186 Å². The lowest BCUT2D eigenvalue weighted by Crippen LogP contribution is -2.32. The highest BCUT2D eigenvalue weighted by Crippen LogP contribution is 2.37. The van der Waals surface area contributed by atoms with Gasteiger partial charge in [-0.2, -0.15) is 5.10 Å². The number of nitrogens with zero attached hydrogens (tertiary/aromatic N) is 6. The summed E-state index contributed by atoms with van der Waals surface area (Å²) in [6.07, 6.45) is 8.05. The fraction of sp³-hybridized carbons (Fsp3) is 0.417. The fourth-order valence-corrected chi connectivity index (χ4v) is 4.79. The molecule has 0 aliphatic carbocycles. The van der Waals surface area contributed by atoms with Crippen molar-refractivity contribution in [2.24, 2.45) is 7.05 Å². The lowest BCUT2D eigenvalue weighted by atomic mass is 10.0. The smallest absolute Gasteiger partial charge is 0.227 e. The van der Waals surface area contributed by atoms with Gasteiger partial charge in [-0.05, 0) is 49.4 Å². The third-order valence-electron chi connectivity index (χ3n) is 6.30. The van der Waals surface area contributed by atoms with Crippen LogP contribution in [0.3, 0.4) is 0 Å². The first-order chi connectivity index (χ1) is 15.6. The van der Waals surface area contributed by atoms with Crippen molar-refractivity contribution in [3.63, 3.8) is 0 Å². The van der Waals surface area contributed by atoms with Crippen molar-refractivity contribution >= 4 is 11.9 Å². The summed E-state index contributed by atoms with van der Waals surface area (Å²) in [6.45, 7) is 2.64. The fourth-order valence-electron chi connectivity index (χ4n) is 4.79. The molecule has 2 fully saturated rings. The molecule has 2 aromatic heterocycles. The lowest BCUT2D eigenvalue weighted by molar-refractivity contribution is -0.131. The number of hydrogen-bond donors (Lipinski definition) is 0. The van der Waals surface area contributed by atoms with E-state index >= 15 is 0 Å². The lowest BCUT2D eigenvalue weighted by Gasteiger charge is -2.24. The molecule has 8 heteroatoms. The van der Waals surface area contributed by atoms with E-state index < -0.39 is 0 Å². The minimum absolute atomic E-state index is 0.00449. The molecule has 1 amide bonds. The van der Waals surface area contributed by atoms with Crippen molar-refractivity contribution < 1.29 is 9.18 Å². The summed E-state index contributed by atoms with van der Waals surface area (Å²) in [5.41, 5.74) is 3.32. The Morgan fingerprint density at radius 2 is 2.00 bits per heavy atom. The highest BCUT2D eigenvalue weighted by Gasteiger charge is 2.34. The summed E-state index contributed by atoms with van der Waals surface area (Å²) >= 11 is 0. The SMILES string of the molecule is Cn1cc(-c2ccnc(N3CCCC3)n2)c([C@H]2CCCN2C(=O)Cc2cccc(F)c2)n1. The number of amides is 1. The zero-order valence-corrected chi connectivity index (χ0v) is 18.2. The van der Waals surface area contributed by atoms with Crippen LogP contribution in [0.25, 0.3) is 11.3 Å². The van der Waals surface area contributed by atoms with Gasteiger partial charge >= 0.3 is 0 Å². The predicted molar refractivity (Wildman–Crippen MR) is 119 cm³/mol. The van der Waals surface area contributed by atoms with Crippen LogP contribution in [0.1, 0.15) is 43.0 Å². The molecule has 2 aliphatic heterocycles. The molecule has 0 N–H and O–H groups in total. The molecule has 4 heterocycles. The van der Waals surface area contributed by atoms with Gasteiger partial charge in [-0.25, -0.2) is 14.4 Å². The molecule has 7 nitrogen and oxygen atoms in total. The van der Waals surface area contributed by atoms with E-state index in [4.69, 9.17) is 10.1 Å². The molecule has 0 bridgehead atoms. The second-order valence-electron chi connectivity index (χ2n) is 8.59. The van der Waals surface area contributed by atoms with Crippen LogP contribution in [-0.4, -0.2) is 50.2 Å². The summed E-state index contributed by atoms with van der Waals surface area (Å²) in [7, 11) is 1.89. The molecule has 166 valence electrons. The van der Waals surface area contributed by atoms with Crippen molar-refractivity contribution in [2.45, 2.75) is 38.1 Å². The molecule has 0 unspecified atom stereocenters. The Bertz CT molecular complexity index is 1120. The van der Waals surface area contributed by atoms with Gasteiger partial charge in [-0.15, -0.1) is 0 Å². The highest BCUT2D eigenvalue weighted by molar-refractivity contribution is 5.80. The van der Waals surface area contributed by atoms with Crippen molar-refractivity contribution in [2.75, 3.05) is 24.5 Å². The van der Waals surface area contributed by atoms with Gasteiger partial charge in [0.1, 0.15) is 5.82 Å². The van der Waals surface area contributed by atoms with Crippen LogP contribution < -0.4 is 4.90 Å². The number of likely N-dealkylation sites (tertiary alicyclic amines) is 1. The van der Waals surface area contributed by atoms with Crippen LogP contribution in [0.4, 0.5) is 10.3 Å². The molecular weight excluding hydrogens is 407 g/mol. The van der Waals surface area contributed by atoms with Crippen molar-refractivity contribution in [3.05, 3.63) is 59.8 Å². The minimum atomic E-state index is -0.321. The Morgan fingerprint density at radius 3 is 2.81 bits per heavy atom. The van der Waals surface area contributed by atoms with Crippen molar-refractivity contribution in [1.82, 2.24) is 24.6 Å². The van der Waals surface area contributed by atoms with Gasteiger partial charge in [0.25, 0.3) is 0 Å². The quantitative estimate of drug-likeness (QED) is 0.615. The van der Waals surface area contributed by atoms with Crippen LogP contribution in [0.15, 0.2) is 42.7 Å². The van der Waals surface area contributed by atoms with E-state index in [1.54, 1.807) is 23.0 Å². The van der Waals surface area contributed by atoms with Gasteiger partial charge in [-0.1, -0.05) is 12.1 Å². The molecular formula is C24H27FN6O.